The minimum atomic E-state index is 0.367. The number of aromatic nitrogens is 3. The highest BCUT2D eigenvalue weighted by Gasteiger charge is 2.17. The van der Waals surface area contributed by atoms with Gasteiger partial charge in [-0.05, 0) is 44.6 Å². The molecule has 156 valence electrons. The molecule has 7 nitrogen and oxygen atoms in total. The van der Waals surface area contributed by atoms with E-state index in [-0.39, 0.29) is 0 Å². The molecule has 0 saturated carbocycles. The van der Waals surface area contributed by atoms with E-state index in [0.29, 0.717) is 6.04 Å². The molecule has 3 aromatic rings. The van der Waals surface area contributed by atoms with Gasteiger partial charge in [0.25, 0.3) is 0 Å². The summed E-state index contributed by atoms with van der Waals surface area (Å²) >= 11 is 0. The quantitative estimate of drug-likeness (QED) is 0.694. The van der Waals surface area contributed by atoms with Crippen LogP contribution in [0.2, 0.25) is 0 Å². The molecule has 4 heterocycles. The first-order chi connectivity index (χ1) is 14.8. The van der Waals surface area contributed by atoms with Crippen molar-refractivity contribution < 1.29 is 0 Å². The highest BCUT2D eigenvalue weighted by atomic mass is 15.2. The van der Waals surface area contributed by atoms with Crippen LogP contribution in [0, 0.1) is 0 Å². The molecule has 2 saturated heterocycles. The van der Waals surface area contributed by atoms with E-state index in [1.165, 1.54) is 12.1 Å². The topological polar surface area (TPSA) is 69.2 Å². The number of piperazine rings is 1. The van der Waals surface area contributed by atoms with Crippen LogP contribution in [0.15, 0.2) is 42.7 Å². The number of likely N-dealkylation sites (N-methyl/N-ethyl adjacent to an activating group) is 1. The van der Waals surface area contributed by atoms with Gasteiger partial charge in [0.15, 0.2) is 5.82 Å². The maximum Gasteiger partial charge on any atom is 0.155 e. The minimum Gasteiger partial charge on any atom is -0.369 e. The molecule has 7 heteroatoms. The Morgan fingerprint density at radius 2 is 1.83 bits per heavy atom. The Hall–Kier alpha value is -2.77. The molecule has 0 aliphatic carbocycles. The van der Waals surface area contributed by atoms with E-state index in [1.807, 2.05) is 6.07 Å². The number of rotatable bonds is 4. The van der Waals surface area contributed by atoms with Gasteiger partial charge in [0.1, 0.15) is 5.52 Å². The average molecular weight is 404 g/mol. The number of anilines is 2. The average Bonchev–Trinajstić information content (AvgIpc) is 2.80. The summed E-state index contributed by atoms with van der Waals surface area (Å²) < 4.78 is 0. The molecule has 2 aliphatic heterocycles. The zero-order valence-electron chi connectivity index (χ0n) is 17.5. The van der Waals surface area contributed by atoms with Crippen LogP contribution in [0.5, 0.6) is 0 Å². The van der Waals surface area contributed by atoms with Gasteiger partial charge in [-0.2, -0.15) is 0 Å². The molecular weight excluding hydrogens is 374 g/mol. The number of hydrogen-bond acceptors (Lipinski definition) is 7. The lowest BCUT2D eigenvalue weighted by atomic mass is 10.1. The van der Waals surface area contributed by atoms with Gasteiger partial charge >= 0.3 is 0 Å². The minimum absolute atomic E-state index is 0.367. The summed E-state index contributed by atoms with van der Waals surface area (Å²) in [6, 6.07) is 11.2. The molecule has 0 spiro atoms. The maximum atomic E-state index is 4.96. The highest BCUT2D eigenvalue weighted by Crippen LogP contribution is 2.28. The fraction of sp³-hybridized carbons (Fsp3) is 0.435. The second-order valence-corrected chi connectivity index (χ2v) is 8.30. The summed E-state index contributed by atoms with van der Waals surface area (Å²) in [5, 5.41) is 7.07. The predicted octanol–water partition coefficient (Wildman–Crippen LogP) is 2.61. The van der Waals surface area contributed by atoms with Crippen LogP contribution in [0.1, 0.15) is 12.8 Å². The van der Waals surface area contributed by atoms with Gasteiger partial charge in [-0.15, -0.1) is 0 Å². The van der Waals surface area contributed by atoms with Gasteiger partial charge in [0.2, 0.25) is 0 Å². The molecule has 0 amide bonds. The second kappa shape index (κ2) is 8.53. The van der Waals surface area contributed by atoms with Crippen molar-refractivity contribution in [1.29, 1.82) is 0 Å². The molecule has 2 aliphatic rings. The number of piperidine rings is 1. The third kappa shape index (κ3) is 4.08. The molecule has 1 unspecified atom stereocenters. The van der Waals surface area contributed by atoms with Crippen LogP contribution >= 0.6 is 0 Å². The SMILES string of the molecule is CN1CCN(c2ccc(-c3cc4nccnc4c(NC4CCCNC4)n3)cc2)CC1. The predicted molar refractivity (Wildman–Crippen MR) is 122 cm³/mol. The smallest absolute Gasteiger partial charge is 0.155 e. The summed E-state index contributed by atoms with van der Waals surface area (Å²) in [6.45, 7) is 6.40. The van der Waals surface area contributed by atoms with Crippen LogP contribution < -0.4 is 15.5 Å². The van der Waals surface area contributed by atoms with E-state index in [0.717, 1.165) is 73.8 Å². The first kappa shape index (κ1) is 19.2. The monoisotopic (exact) mass is 403 g/mol. The van der Waals surface area contributed by atoms with Crippen molar-refractivity contribution in [3.8, 4) is 11.3 Å². The number of fused-ring (bicyclic) bond motifs is 1. The fourth-order valence-corrected chi connectivity index (χ4v) is 4.30. The standard InChI is InChI=1S/C23H29N7/c1-29-11-13-30(14-12-29)19-6-4-17(5-7-19)20-15-21-22(26-10-9-25-21)23(28-20)27-18-3-2-8-24-16-18/h4-7,9-10,15,18,24H,2-3,8,11-14,16H2,1H3,(H,27,28). The van der Waals surface area contributed by atoms with Crippen molar-refractivity contribution in [3.05, 3.63) is 42.7 Å². The third-order valence-corrected chi connectivity index (χ3v) is 6.13. The van der Waals surface area contributed by atoms with Gasteiger partial charge in [-0.25, -0.2) is 9.97 Å². The van der Waals surface area contributed by atoms with Crippen molar-refractivity contribution in [2.24, 2.45) is 0 Å². The van der Waals surface area contributed by atoms with E-state index in [4.69, 9.17) is 4.98 Å². The lowest BCUT2D eigenvalue weighted by Gasteiger charge is -2.34. The number of hydrogen-bond donors (Lipinski definition) is 2. The summed E-state index contributed by atoms with van der Waals surface area (Å²) in [5.41, 5.74) is 5.02. The second-order valence-electron chi connectivity index (χ2n) is 8.30. The third-order valence-electron chi connectivity index (χ3n) is 6.13. The molecule has 2 aromatic heterocycles. The van der Waals surface area contributed by atoms with Crippen molar-refractivity contribution in [2.45, 2.75) is 18.9 Å². The van der Waals surface area contributed by atoms with Gasteiger partial charge in [-0.1, -0.05) is 12.1 Å². The lowest BCUT2D eigenvalue weighted by Crippen LogP contribution is -2.44. The molecule has 1 aromatic carbocycles. The number of nitrogens with one attached hydrogen (secondary N) is 2. The van der Waals surface area contributed by atoms with E-state index >= 15 is 0 Å². The Morgan fingerprint density at radius 3 is 2.60 bits per heavy atom. The van der Waals surface area contributed by atoms with Crippen LogP contribution in [0.4, 0.5) is 11.5 Å². The van der Waals surface area contributed by atoms with Crippen LogP contribution in [-0.4, -0.2) is 72.2 Å². The van der Waals surface area contributed by atoms with Gasteiger partial charge in [-0.3, -0.25) is 4.98 Å². The Kier molecular flexibility index (Phi) is 5.46. The largest absolute Gasteiger partial charge is 0.369 e. The van der Waals surface area contributed by atoms with Gasteiger partial charge in [0, 0.05) is 62.4 Å². The normalized spacial score (nSPS) is 20.4. The summed E-state index contributed by atoms with van der Waals surface area (Å²) in [4.78, 5) is 18.9. The van der Waals surface area contributed by atoms with Crippen LogP contribution in [0.25, 0.3) is 22.3 Å². The summed E-state index contributed by atoms with van der Waals surface area (Å²) in [5.74, 6) is 0.826. The Labute approximate surface area is 177 Å². The first-order valence-electron chi connectivity index (χ1n) is 10.9. The highest BCUT2D eigenvalue weighted by molar-refractivity contribution is 5.88. The zero-order chi connectivity index (χ0) is 20.3. The number of nitrogens with zero attached hydrogens (tertiary/aromatic N) is 5. The van der Waals surface area contributed by atoms with Crippen LogP contribution in [0.3, 0.4) is 0 Å². The molecule has 0 radical (unpaired) electrons. The Balaban J connectivity index is 1.43. The van der Waals surface area contributed by atoms with Crippen LogP contribution in [-0.2, 0) is 0 Å². The molecule has 5 rings (SSSR count). The van der Waals surface area contributed by atoms with Gasteiger partial charge in [0.05, 0.1) is 11.2 Å². The molecule has 1 atom stereocenters. The molecule has 30 heavy (non-hydrogen) atoms. The van der Waals surface area contributed by atoms with Crippen molar-refractivity contribution >= 4 is 22.5 Å². The zero-order valence-corrected chi connectivity index (χ0v) is 17.5. The van der Waals surface area contributed by atoms with E-state index in [1.54, 1.807) is 12.4 Å². The number of pyridine rings is 1. The fourth-order valence-electron chi connectivity index (χ4n) is 4.30. The van der Waals surface area contributed by atoms with Crippen molar-refractivity contribution in [1.82, 2.24) is 25.2 Å². The lowest BCUT2D eigenvalue weighted by molar-refractivity contribution is 0.313. The summed E-state index contributed by atoms with van der Waals surface area (Å²) in [7, 11) is 2.18. The molecule has 2 N–H and O–H groups in total. The first-order valence-corrected chi connectivity index (χ1v) is 10.9. The van der Waals surface area contributed by atoms with E-state index in [9.17, 15) is 0 Å². The Bertz CT molecular complexity index is 990. The molecule has 2 fully saturated rings. The maximum absolute atomic E-state index is 4.96. The van der Waals surface area contributed by atoms with Gasteiger partial charge < -0.3 is 20.4 Å². The molecular formula is C23H29N7. The van der Waals surface area contributed by atoms with Crippen molar-refractivity contribution in [3.63, 3.8) is 0 Å². The van der Waals surface area contributed by atoms with E-state index in [2.05, 4.69) is 61.7 Å². The van der Waals surface area contributed by atoms with E-state index < -0.39 is 0 Å². The van der Waals surface area contributed by atoms with Crippen molar-refractivity contribution in [2.75, 3.05) is 56.5 Å². The number of benzene rings is 1. The Morgan fingerprint density at radius 1 is 1.03 bits per heavy atom. The molecule has 0 bridgehead atoms. The summed E-state index contributed by atoms with van der Waals surface area (Å²) in [6.07, 6.45) is 5.79.